The third-order valence-electron chi connectivity index (χ3n) is 5.55. The van der Waals surface area contributed by atoms with Crippen LogP contribution in [0.15, 0.2) is 66.9 Å². The van der Waals surface area contributed by atoms with Crippen LogP contribution in [-0.4, -0.2) is 25.1 Å². The molecule has 0 atom stereocenters. The quantitative estimate of drug-likeness (QED) is 0.312. The molecule has 0 unspecified atom stereocenters. The number of halogens is 1. The van der Waals surface area contributed by atoms with Gasteiger partial charge in [0.15, 0.2) is 11.5 Å². The number of carbonyl (C=O) groups excluding carboxylic acids is 1. The second-order valence-corrected chi connectivity index (χ2v) is 8.32. The molecule has 0 fully saturated rings. The Balaban J connectivity index is 1.77. The predicted octanol–water partition coefficient (Wildman–Crippen LogP) is 6.84. The number of carbonyl (C=O) groups is 1. The van der Waals surface area contributed by atoms with Crippen LogP contribution in [0.1, 0.15) is 16.7 Å². The highest BCUT2D eigenvalue weighted by molar-refractivity contribution is 6.34. The molecule has 1 aromatic heterocycles. The highest BCUT2D eigenvalue weighted by Crippen LogP contribution is 2.39. The number of pyridine rings is 1. The maximum absolute atomic E-state index is 12.9. The van der Waals surface area contributed by atoms with Crippen LogP contribution in [0.25, 0.3) is 28.1 Å². The van der Waals surface area contributed by atoms with Gasteiger partial charge in [0.05, 0.1) is 31.6 Å². The average Bonchev–Trinajstić information content (AvgIpc) is 2.82. The minimum absolute atomic E-state index is 0.302. The lowest BCUT2D eigenvalue weighted by atomic mass is 9.96. The molecule has 5 nitrogen and oxygen atoms in total. The normalized spacial score (nSPS) is 11.1. The lowest BCUT2D eigenvalue weighted by molar-refractivity contribution is -0.111. The molecule has 6 heteroatoms. The lowest BCUT2D eigenvalue weighted by Crippen LogP contribution is -2.10. The van der Waals surface area contributed by atoms with E-state index in [1.54, 1.807) is 32.6 Å². The number of fused-ring (bicyclic) bond motifs is 1. The van der Waals surface area contributed by atoms with Crippen LogP contribution in [0.4, 0.5) is 5.69 Å². The summed E-state index contributed by atoms with van der Waals surface area (Å²) in [5, 5.41) is 4.52. The highest BCUT2D eigenvalue weighted by atomic mass is 35.5. The summed E-state index contributed by atoms with van der Waals surface area (Å²) in [7, 11) is 3.14. The van der Waals surface area contributed by atoms with E-state index in [9.17, 15) is 4.79 Å². The van der Waals surface area contributed by atoms with Crippen molar-refractivity contribution in [2.75, 3.05) is 19.5 Å². The SMILES string of the molecule is COc1cccc(/C=C/C(=O)Nc2cnc3c(C)cc(C)cc3c2-c2ccccc2Cl)c1OC. The fourth-order valence-corrected chi connectivity index (χ4v) is 4.32. The van der Waals surface area contributed by atoms with E-state index in [0.29, 0.717) is 22.2 Å². The molecule has 1 heterocycles. The standard InChI is InChI=1S/C28H25ClN2O3/c1-17-14-18(2)27-21(15-17)26(20-9-5-6-10-22(20)29)23(16-30-27)31-25(32)13-12-19-8-7-11-24(33-3)28(19)34-4/h5-16H,1-4H3,(H,31,32)/b13-12+. The zero-order chi connectivity index (χ0) is 24.2. The van der Waals surface area contributed by atoms with Crippen LogP contribution in [0.5, 0.6) is 11.5 Å². The molecule has 0 aliphatic rings. The molecule has 0 spiro atoms. The first-order valence-corrected chi connectivity index (χ1v) is 11.2. The highest BCUT2D eigenvalue weighted by Gasteiger charge is 2.17. The van der Waals surface area contributed by atoms with Gasteiger partial charge < -0.3 is 14.8 Å². The van der Waals surface area contributed by atoms with Gasteiger partial charge in [-0.15, -0.1) is 0 Å². The number of para-hydroxylation sites is 1. The number of aryl methyl sites for hydroxylation is 2. The second kappa shape index (κ2) is 9.98. The molecule has 0 aliphatic heterocycles. The van der Waals surface area contributed by atoms with Gasteiger partial charge in [0.1, 0.15) is 0 Å². The number of benzene rings is 3. The third kappa shape index (κ3) is 4.61. The van der Waals surface area contributed by atoms with Gasteiger partial charge in [0.2, 0.25) is 5.91 Å². The first-order chi connectivity index (χ1) is 16.4. The topological polar surface area (TPSA) is 60.5 Å². The Morgan fingerprint density at radius 3 is 2.56 bits per heavy atom. The van der Waals surface area contributed by atoms with Crippen LogP contribution in [0.2, 0.25) is 5.02 Å². The molecule has 0 aliphatic carbocycles. The summed E-state index contributed by atoms with van der Waals surface area (Å²) in [4.78, 5) is 17.6. The number of nitrogens with zero attached hydrogens (tertiary/aromatic N) is 1. The number of amides is 1. The van der Waals surface area contributed by atoms with Gasteiger partial charge in [-0.3, -0.25) is 9.78 Å². The molecular weight excluding hydrogens is 448 g/mol. The zero-order valence-electron chi connectivity index (χ0n) is 19.5. The number of hydrogen-bond acceptors (Lipinski definition) is 4. The van der Waals surface area contributed by atoms with E-state index in [2.05, 4.69) is 22.4 Å². The van der Waals surface area contributed by atoms with E-state index < -0.39 is 0 Å². The van der Waals surface area contributed by atoms with Crippen molar-refractivity contribution in [2.24, 2.45) is 0 Å². The van der Waals surface area contributed by atoms with Gasteiger partial charge in [-0.25, -0.2) is 0 Å². The van der Waals surface area contributed by atoms with Gasteiger partial charge in [0.25, 0.3) is 0 Å². The van der Waals surface area contributed by atoms with Crippen LogP contribution in [-0.2, 0) is 4.79 Å². The number of methoxy groups -OCH3 is 2. The number of nitrogens with one attached hydrogen (secondary N) is 1. The Kier molecular flexibility index (Phi) is 6.85. The second-order valence-electron chi connectivity index (χ2n) is 7.91. The van der Waals surface area contributed by atoms with Crippen LogP contribution in [0, 0.1) is 13.8 Å². The van der Waals surface area contributed by atoms with Crippen LogP contribution in [0.3, 0.4) is 0 Å². The smallest absolute Gasteiger partial charge is 0.248 e. The largest absolute Gasteiger partial charge is 0.493 e. The van der Waals surface area contributed by atoms with E-state index in [0.717, 1.165) is 38.7 Å². The average molecular weight is 473 g/mol. The molecule has 172 valence electrons. The van der Waals surface area contributed by atoms with E-state index in [1.165, 1.54) is 6.08 Å². The minimum Gasteiger partial charge on any atom is -0.493 e. The Morgan fingerprint density at radius 1 is 1.03 bits per heavy atom. The molecule has 4 aromatic rings. The van der Waals surface area contributed by atoms with Crippen LogP contribution < -0.4 is 14.8 Å². The minimum atomic E-state index is -0.302. The van der Waals surface area contributed by atoms with Gasteiger partial charge in [-0.2, -0.15) is 0 Å². The Hall–Kier alpha value is -3.83. The third-order valence-corrected chi connectivity index (χ3v) is 5.88. The monoisotopic (exact) mass is 472 g/mol. The maximum atomic E-state index is 12.9. The molecule has 0 saturated carbocycles. The van der Waals surface area contributed by atoms with E-state index in [1.807, 2.05) is 50.2 Å². The Bertz CT molecular complexity index is 1410. The Labute approximate surface area is 204 Å². The van der Waals surface area contributed by atoms with E-state index >= 15 is 0 Å². The Morgan fingerprint density at radius 2 is 1.82 bits per heavy atom. The number of aromatic nitrogens is 1. The lowest BCUT2D eigenvalue weighted by Gasteiger charge is -2.16. The molecule has 34 heavy (non-hydrogen) atoms. The molecular formula is C28H25ClN2O3. The molecule has 4 rings (SSSR count). The molecule has 1 amide bonds. The van der Waals surface area contributed by atoms with Gasteiger partial charge in [-0.05, 0) is 43.7 Å². The van der Waals surface area contributed by atoms with Crippen molar-refractivity contribution < 1.29 is 14.3 Å². The van der Waals surface area contributed by atoms with Crippen molar-refractivity contribution >= 4 is 40.2 Å². The molecule has 0 saturated heterocycles. The summed E-state index contributed by atoms with van der Waals surface area (Å²) in [6, 6.07) is 17.3. The van der Waals surface area contributed by atoms with Gasteiger partial charge in [0, 0.05) is 33.2 Å². The van der Waals surface area contributed by atoms with Crippen LogP contribution >= 0.6 is 11.6 Å². The van der Waals surface area contributed by atoms with Crippen molar-refractivity contribution in [3.8, 4) is 22.6 Å². The summed E-state index contributed by atoms with van der Waals surface area (Å²) < 4.78 is 10.8. The number of rotatable bonds is 6. The first kappa shape index (κ1) is 23.3. The van der Waals surface area contributed by atoms with E-state index in [-0.39, 0.29) is 5.91 Å². The molecule has 3 aromatic carbocycles. The van der Waals surface area contributed by atoms with Crippen molar-refractivity contribution in [2.45, 2.75) is 13.8 Å². The fraction of sp³-hybridized carbons (Fsp3) is 0.143. The van der Waals surface area contributed by atoms with Crippen molar-refractivity contribution in [3.63, 3.8) is 0 Å². The summed E-state index contributed by atoms with van der Waals surface area (Å²) in [5.74, 6) is 0.850. The predicted molar refractivity (Wildman–Crippen MR) is 139 cm³/mol. The summed E-state index contributed by atoms with van der Waals surface area (Å²) >= 11 is 6.58. The van der Waals surface area contributed by atoms with Crippen molar-refractivity contribution in [1.82, 2.24) is 4.98 Å². The maximum Gasteiger partial charge on any atom is 0.248 e. The molecule has 1 N–H and O–H groups in total. The number of hydrogen-bond donors (Lipinski definition) is 1. The zero-order valence-corrected chi connectivity index (χ0v) is 20.2. The summed E-state index contributed by atoms with van der Waals surface area (Å²) in [6.45, 7) is 4.07. The number of ether oxygens (including phenoxy) is 2. The summed E-state index contributed by atoms with van der Waals surface area (Å²) in [5.41, 5.74) is 6.01. The van der Waals surface area contributed by atoms with Crippen molar-refractivity contribution in [1.29, 1.82) is 0 Å². The fourth-order valence-electron chi connectivity index (χ4n) is 4.09. The van der Waals surface area contributed by atoms with Crippen molar-refractivity contribution in [3.05, 3.63) is 88.6 Å². The first-order valence-electron chi connectivity index (χ1n) is 10.8. The van der Waals surface area contributed by atoms with Gasteiger partial charge >= 0.3 is 0 Å². The van der Waals surface area contributed by atoms with Gasteiger partial charge in [-0.1, -0.05) is 53.6 Å². The molecule has 0 radical (unpaired) electrons. The van der Waals surface area contributed by atoms with E-state index in [4.69, 9.17) is 21.1 Å². The molecule has 0 bridgehead atoms. The summed E-state index contributed by atoms with van der Waals surface area (Å²) in [6.07, 6.45) is 4.83. The number of anilines is 1.